The van der Waals surface area contributed by atoms with Crippen LogP contribution in [0.5, 0.6) is 0 Å². The third kappa shape index (κ3) is 3.23. The molecule has 8 nitrogen and oxygen atoms in total. The summed E-state index contributed by atoms with van der Waals surface area (Å²) < 4.78 is 32.9. The van der Waals surface area contributed by atoms with E-state index in [1.54, 1.807) is 23.5 Å². The Hall–Kier alpha value is -2.65. The summed E-state index contributed by atoms with van der Waals surface area (Å²) in [5, 5.41) is 0.869. The maximum Gasteiger partial charge on any atom is 0.290 e. The van der Waals surface area contributed by atoms with Gasteiger partial charge in [-0.15, -0.1) is 0 Å². The van der Waals surface area contributed by atoms with Crippen molar-refractivity contribution in [3.8, 4) is 0 Å². The van der Waals surface area contributed by atoms with Crippen molar-refractivity contribution >= 4 is 26.9 Å². The maximum absolute atomic E-state index is 12.9. The summed E-state index contributed by atoms with van der Waals surface area (Å²) >= 11 is 0. The van der Waals surface area contributed by atoms with E-state index in [-0.39, 0.29) is 24.3 Å². The molecule has 3 aromatic rings. The molecule has 1 amide bonds. The SMILES string of the molecule is CS(=O)(=O)NC[C@@H]1CN(C(=O)c2cc3ccccc3o2)Cc2cncn21. The number of carbonyl (C=O) groups excluding carboxylic acids is 1. The number of carbonyl (C=O) groups is 1. The third-order valence-corrected chi connectivity index (χ3v) is 5.12. The number of hydrogen-bond acceptors (Lipinski definition) is 5. The number of aromatic nitrogens is 2. The highest BCUT2D eigenvalue weighted by Gasteiger charge is 2.30. The van der Waals surface area contributed by atoms with Gasteiger partial charge in [-0.3, -0.25) is 4.79 Å². The lowest BCUT2D eigenvalue weighted by Crippen LogP contribution is -2.44. The normalized spacial score (nSPS) is 17.4. The fraction of sp³-hybridized carbons (Fsp3) is 0.294. The van der Waals surface area contributed by atoms with Gasteiger partial charge in [-0.05, 0) is 12.1 Å². The number of benzene rings is 1. The van der Waals surface area contributed by atoms with Crippen LogP contribution in [0.4, 0.5) is 0 Å². The Labute approximate surface area is 150 Å². The van der Waals surface area contributed by atoms with Gasteiger partial charge in [-0.25, -0.2) is 18.1 Å². The number of imidazole rings is 1. The summed E-state index contributed by atoms with van der Waals surface area (Å²) in [4.78, 5) is 18.7. The van der Waals surface area contributed by atoms with Crippen molar-refractivity contribution < 1.29 is 17.6 Å². The molecule has 0 saturated heterocycles. The van der Waals surface area contributed by atoms with Crippen LogP contribution >= 0.6 is 0 Å². The van der Waals surface area contributed by atoms with Crippen LogP contribution in [0.25, 0.3) is 11.0 Å². The van der Waals surface area contributed by atoms with Gasteiger partial charge in [0.1, 0.15) is 5.58 Å². The highest BCUT2D eigenvalue weighted by Crippen LogP contribution is 2.25. The second-order valence-electron chi connectivity index (χ2n) is 6.40. The van der Waals surface area contributed by atoms with Gasteiger partial charge in [-0.2, -0.15) is 0 Å². The molecule has 9 heteroatoms. The monoisotopic (exact) mass is 374 g/mol. The summed E-state index contributed by atoms with van der Waals surface area (Å²) in [5.74, 6) is 0.0481. The third-order valence-electron chi connectivity index (χ3n) is 4.43. The molecule has 1 aromatic carbocycles. The standard InChI is InChI=1S/C17H18N4O4S/c1-26(23,24)19-8-14-10-20(9-13-7-18-11-21(13)14)17(22)16-6-12-4-2-3-5-15(12)25-16/h2-7,11,14,19H,8-10H2,1H3/t14-/m1/s1. The van der Waals surface area contributed by atoms with Gasteiger partial charge < -0.3 is 13.9 Å². The molecule has 1 aliphatic rings. The van der Waals surface area contributed by atoms with Crippen molar-refractivity contribution in [1.82, 2.24) is 19.2 Å². The maximum atomic E-state index is 12.9. The molecule has 0 fully saturated rings. The van der Waals surface area contributed by atoms with Gasteiger partial charge >= 0.3 is 0 Å². The number of amides is 1. The molecule has 1 aliphatic heterocycles. The molecular weight excluding hydrogens is 356 g/mol. The minimum atomic E-state index is -3.32. The zero-order valence-corrected chi connectivity index (χ0v) is 14.9. The molecule has 2 aromatic heterocycles. The fourth-order valence-electron chi connectivity index (χ4n) is 3.19. The predicted molar refractivity (Wildman–Crippen MR) is 95.1 cm³/mol. The van der Waals surface area contributed by atoms with E-state index in [9.17, 15) is 13.2 Å². The first kappa shape index (κ1) is 16.8. The molecule has 4 rings (SSSR count). The first-order chi connectivity index (χ1) is 12.4. The summed E-state index contributed by atoms with van der Waals surface area (Å²) in [6.45, 7) is 0.944. The first-order valence-electron chi connectivity index (χ1n) is 8.14. The Bertz CT molecular complexity index is 1040. The van der Waals surface area contributed by atoms with Crippen LogP contribution in [-0.2, 0) is 16.6 Å². The van der Waals surface area contributed by atoms with Crippen molar-refractivity contribution in [3.63, 3.8) is 0 Å². The molecule has 26 heavy (non-hydrogen) atoms. The number of para-hydroxylation sites is 1. The topological polar surface area (TPSA) is 97.4 Å². The molecule has 0 saturated carbocycles. The number of hydrogen-bond donors (Lipinski definition) is 1. The molecule has 136 valence electrons. The van der Waals surface area contributed by atoms with Gasteiger partial charge in [0.05, 0.1) is 30.9 Å². The lowest BCUT2D eigenvalue weighted by molar-refractivity contribution is 0.0650. The van der Waals surface area contributed by atoms with E-state index in [1.807, 2.05) is 28.8 Å². The molecular formula is C17H18N4O4S. The lowest BCUT2D eigenvalue weighted by Gasteiger charge is -2.34. The lowest BCUT2D eigenvalue weighted by atomic mass is 10.1. The minimum absolute atomic E-state index is 0.187. The fourth-order valence-corrected chi connectivity index (χ4v) is 3.69. The smallest absolute Gasteiger partial charge is 0.290 e. The molecule has 0 bridgehead atoms. The van der Waals surface area contributed by atoms with Gasteiger partial charge in [-0.1, -0.05) is 18.2 Å². The molecule has 1 atom stereocenters. The van der Waals surface area contributed by atoms with E-state index in [0.717, 1.165) is 17.3 Å². The zero-order valence-electron chi connectivity index (χ0n) is 14.1. The van der Waals surface area contributed by atoms with Crippen molar-refractivity contribution in [1.29, 1.82) is 0 Å². The van der Waals surface area contributed by atoms with E-state index in [2.05, 4.69) is 9.71 Å². The molecule has 1 N–H and O–H groups in total. The van der Waals surface area contributed by atoms with Crippen LogP contribution in [-0.4, -0.2) is 48.1 Å². The molecule has 0 radical (unpaired) electrons. The molecule has 0 unspecified atom stereocenters. The number of fused-ring (bicyclic) bond motifs is 2. The van der Waals surface area contributed by atoms with Crippen molar-refractivity contribution in [2.75, 3.05) is 19.3 Å². The van der Waals surface area contributed by atoms with Crippen LogP contribution < -0.4 is 4.72 Å². The van der Waals surface area contributed by atoms with Gasteiger partial charge in [0.25, 0.3) is 5.91 Å². The summed E-state index contributed by atoms with van der Waals surface area (Å²) in [7, 11) is -3.32. The van der Waals surface area contributed by atoms with E-state index >= 15 is 0 Å². The quantitative estimate of drug-likeness (QED) is 0.744. The molecule has 0 spiro atoms. The first-order valence-corrected chi connectivity index (χ1v) is 10.0. The van der Waals surface area contributed by atoms with E-state index in [1.165, 1.54) is 0 Å². The largest absolute Gasteiger partial charge is 0.451 e. The number of nitrogens with zero attached hydrogens (tertiary/aromatic N) is 3. The average molecular weight is 374 g/mol. The Kier molecular flexibility index (Phi) is 4.04. The van der Waals surface area contributed by atoms with Crippen molar-refractivity contribution in [2.24, 2.45) is 0 Å². The zero-order chi connectivity index (χ0) is 18.3. The average Bonchev–Trinajstić information content (AvgIpc) is 3.24. The number of sulfonamides is 1. The number of furan rings is 1. The highest BCUT2D eigenvalue weighted by molar-refractivity contribution is 7.88. The van der Waals surface area contributed by atoms with Crippen LogP contribution in [0.15, 0.2) is 47.3 Å². The van der Waals surface area contributed by atoms with E-state index in [4.69, 9.17) is 4.42 Å². The second kappa shape index (κ2) is 6.26. The number of rotatable bonds is 4. The van der Waals surface area contributed by atoms with Crippen LogP contribution in [0.2, 0.25) is 0 Å². The van der Waals surface area contributed by atoms with Crippen LogP contribution in [0.1, 0.15) is 22.3 Å². The Morgan fingerprint density at radius 1 is 1.38 bits per heavy atom. The van der Waals surface area contributed by atoms with Gasteiger partial charge in [0, 0.05) is 24.7 Å². The second-order valence-corrected chi connectivity index (χ2v) is 8.23. The van der Waals surface area contributed by atoms with E-state index in [0.29, 0.717) is 18.7 Å². The van der Waals surface area contributed by atoms with Crippen molar-refractivity contribution in [2.45, 2.75) is 12.6 Å². The Morgan fingerprint density at radius 3 is 2.96 bits per heavy atom. The van der Waals surface area contributed by atoms with E-state index < -0.39 is 10.0 Å². The minimum Gasteiger partial charge on any atom is -0.451 e. The van der Waals surface area contributed by atoms with Gasteiger partial charge in [0.15, 0.2) is 5.76 Å². The van der Waals surface area contributed by atoms with Gasteiger partial charge in [0.2, 0.25) is 10.0 Å². The van der Waals surface area contributed by atoms with Crippen LogP contribution in [0.3, 0.4) is 0 Å². The predicted octanol–water partition coefficient (Wildman–Crippen LogP) is 1.38. The van der Waals surface area contributed by atoms with Crippen LogP contribution in [0, 0.1) is 0 Å². The highest BCUT2D eigenvalue weighted by atomic mass is 32.2. The summed E-state index contributed by atoms with van der Waals surface area (Å²) in [5.41, 5.74) is 1.51. The molecule has 3 heterocycles. The summed E-state index contributed by atoms with van der Waals surface area (Å²) in [6.07, 6.45) is 4.46. The van der Waals surface area contributed by atoms with Crippen molar-refractivity contribution in [3.05, 3.63) is 54.3 Å². The number of nitrogens with one attached hydrogen (secondary N) is 1. The Balaban J connectivity index is 1.59. The Morgan fingerprint density at radius 2 is 2.19 bits per heavy atom. The summed E-state index contributed by atoms with van der Waals surface area (Å²) in [6, 6.07) is 8.94. The molecule has 0 aliphatic carbocycles.